The molecule has 6 heteroatoms. The number of rotatable bonds is 6. The van der Waals surface area contributed by atoms with Gasteiger partial charge in [0.25, 0.3) is 0 Å². The predicted octanol–water partition coefficient (Wildman–Crippen LogP) is 3.20. The fraction of sp³-hybridized carbons (Fsp3) is 0.500. The van der Waals surface area contributed by atoms with Crippen molar-refractivity contribution in [3.8, 4) is 0 Å². The molecule has 1 amide bonds. The summed E-state index contributed by atoms with van der Waals surface area (Å²) in [6.07, 6.45) is 6.21. The Morgan fingerprint density at radius 1 is 1.25 bits per heavy atom. The first kappa shape index (κ1) is 15.7. The van der Waals surface area contributed by atoms with Crippen LogP contribution >= 0.6 is 11.8 Å². The maximum absolute atomic E-state index is 11.2. The number of carbonyl (C=O) groups excluding carboxylic acids is 1. The van der Waals surface area contributed by atoms with Crippen LogP contribution in [-0.2, 0) is 17.8 Å². The van der Waals surface area contributed by atoms with Crippen LogP contribution in [0.1, 0.15) is 60.2 Å². The Balaban J connectivity index is 1.59. The molecule has 4 rings (SSSR count). The summed E-state index contributed by atoms with van der Waals surface area (Å²) in [7, 11) is 0. The molecule has 5 nitrogen and oxygen atoms in total. The largest absolute Gasteiger partial charge is 0.370 e. The quantitative estimate of drug-likeness (QED) is 0.875. The molecule has 2 aromatic rings. The molecule has 1 aromatic carbocycles. The zero-order valence-electron chi connectivity index (χ0n) is 13.6. The second kappa shape index (κ2) is 6.59. The average molecular weight is 342 g/mol. The first-order valence-electron chi connectivity index (χ1n) is 8.68. The van der Waals surface area contributed by atoms with E-state index in [1.165, 1.54) is 30.4 Å². The van der Waals surface area contributed by atoms with Crippen molar-refractivity contribution in [3.63, 3.8) is 0 Å². The lowest BCUT2D eigenvalue weighted by molar-refractivity contribution is -0.118. The molecule has 0 radical (unpaired) electrons. The normalized spacial score (nSPS) is 19.9. The van der Waals surface area contributed by atoms with Gasteiger partial charge in [0, 0.05) is 24.1 Å². The van der Waals surface area contributed by atoms with Gasteiger partial charge in [-0.2, -0.15) is 0 Å². The Hall–Kier alpha value is -1.82. The summed E-state index contributed by atoms with van der Waals surface area (Å²) in [6, 6.07) is 8.70. The van der Waals surface area contributed by atoms with Gasteiger partial charge in [-0.15, -0.1) is 10.2 Å². The van der Waals surface area contributed by atoms with Gasteiger partial charge in [-0.25, -0.2) is 0 Å². The molecule has 1 aromatic heterocycles. The van der Waals surface area contributed by atoms with E-state index in [0.717, 1.165) is 23.8 Å². The highest BCUT2D eigenvalue weighted by Crippen LogP contribution is 2.45. The van der Waals surface area contributed by atoms with E-state index in [0.29, 0.717) is 24.1 Å². The summed E-state index contributed by atoms with van der Waals surface area (Å²) in [5.41, 5.74) is 8.22. The fourth-order valence-corrected chi connectivity index (χ4v) is 4.72. The summed E-state index contributed by atoms with van der Waals surface area (Å²) in [4.78, 5) is 11.2. The number of nitrogens with two attached hydrogens (primary N) is 1. The lowest BCUT2D eigenvalue weighted by Crippen LogP contribution is -2.16. The zero-order chi connectivity index (χ0) is 16.5. The maximum atomic E-state index is 11.2. The van der Waals surface area contributed by atoms with E-state index in [2.05, 4.69) is 39.0 Å². The molecule has 0 spiro atoms. The number of thioether (sulfide) groups is 1. The van der Waals surface area contributed by atoms with E-state index >= 15 is 0 Å². The SMILES string of the molecule is NC(=O)CCn1c(SC2CCCc3ccccc32)nnc1C1CC1. The molecule has 0 saturated heterocycles. The monoisotopic (exact) mass is 342 g/mol. The van der Waals surface area contributed by atoms with Crippen LogP contribution in [0.2, 0.25) is 0 Å². The maximum Gasteiger partial charge on any atom is 0.219 e. The van der Waals surface area contributed by atoms with Crippen molar-refractivity contribution < 1.29 is 4.79 Å². The Morgan fingerprint density at radius 3 is 2.88 bits per heavy atom. The number of benzene rings is 1. The van der Waals surface area contributed by atoms with Crippen molar-refractivity contribution in [1.29, 1.82) is 0 Å². The first-order chi connectivity index (χ1) is 11.7. The van der Waals surface area contributed by atoms with Gasteiger partial charge in [-0.1, -0.05) is 36.0 Å². The summed E-state index contributed by atoms with van der Waals surface area (Å²) in [6.45, 7) is 0.588. The van der Waals surface area contributed by atoms with Gasteiger partial charge >= 0.3 is 0 Å². The number of hydrogen-bond donors (Lipinski definition) is 1. The number of hydrogen-bond acceptors (Lipinski definition) is 4. The van der Waals surface area contributed by atoms with Gasteiger partial charge in [0.15, 0.2) is 5.16 Å². The van der Waals surface area contributed by atoms with E-state index in [4.69, 9.17) is 5.73 Å². The smallest absolute Gasteiger partial charge is 0.219 e. The van der Waals surface area contributed by atoms with Crippen LogP contribution in [0.15, 0.2) is 29.4 Å². The highest BCUT2D eigenvalue weighted by molar-refractivity contribution is 7.99. The molecule has 1 heterocycles. The zero-order valence-corrected chi connectivity index (χ0v) is 14.5. The Bertz CT molecular complexity index is 753. The Morgan fingerprint density at radius 2 is 2.08 bits per heavy atom. The molecule has 24 heavy (non-hydrogen) atoms. The van der Waals surface area contributed by atoms with Crippen molar-refractivity contribution in [2.24, 2.45) is 5.73 Å². The van der Waals surface area contributed by atoms with Gasteiger partial charge in [0.05, 0.1) is 0 Å². The summed E-state index contributed by atoms with van der Waals surface area (Å²) < 4.78 is 2.13. The molecule has 0 bridgehead atoms. The lowest BCUT2D eigenvalue weighted by atomic mass is 9.91. The average Bonchev–Trinajstić information content (AvgIpc) is 3.35. The second-order valence-electron chi connectivity index (χ2n) is 6.68. The van der Waals surface area contributed by atoms with Crippen LogP contribution < -0.4 is 5.73 Å². The van der Waals surface area contributed by atoms with Gasteiger partial charge in [0.1, 0.15) is 5.82 Å². The van der Waals surface area contributed by atoms with Gasteiger partial charge < -0.3 is 10.3 Å². The number of nitrogens with zero attached hydrogens (tertiary/aromatic N) is 3. The highest BCUT2D eigenvalue weighted by Gasteiger charge is 2.31. The number of amides is 1. The molecule has 1 atom stereocenters. The summed E-state index contributed by atoms with van der Waals surface area (Å²) >= 11 is 1.79. The van der Waals surface area contributed by atoms with Crippen molar-refractivity contribution in [2.75, 3.05) is 0 Å². The minimum atomic E-state index is -0.274. The third-order valence-electron chi connectivity index (χ3n) is 4.83. The Labute approximate surface area is 146 Å². The number of aromatic nitrogens is 3. The van der Waals surface area contributed by atoms with E-state index in [9.17, 15) is 4.79 Å². The minimum Gasteiger partial charge on any atom is -0.370 e. The van der Waals surface area contributed by atoms with E-state index < -0.39 is 0 Å². The second-order valence-corrected chi connectivity index (χ2v) is 7.85. The van der Waals surface area contributed by atoms with Crippen LogP contribution in [0.4, 0.5) is 0 Å². The number of carbonyl (C=O) groups is 1. The molecular formula is C18H22N4OS. The molecule has 1 unspecified atom stereocenters. The molecule has 0 aliphatic heterocycles. The van der Waals surface area contributed by atoms with Crippen LogP contribution in [0, 0.1) is 0 Å². The fourth-order valence-electron chi connectivity index (χ4n) is 3.42. The van der Waals surface area contributed by atoms with Crippen molar-refractivity contribution in [3.05, 3.63) is 41.2 Å². The van der Waals surface area contributed by atoms with Gasteiger partial charge in [0.2, 0.25) is 5.91 Å². The molecule has 2 N–H and O–H groups in total. The standard InChI is InChI=1S/C18H22N4OS/c19-16(23)10-11-22-17(13-8-9-13)20-21-18(22)24-15-7-3-5-12-4-1-2-6-14(12)15/h1-2,4,6,13,15H,3,5,7-11H2,(H2,19,23). The van der Waals surface area contributed by atoms with E-state index in [1.54, 1.807) is 11.8 Å². The van der Waals surface area contributed by atoms with Crippen LogP contribution in [0.25, 0.3) is 0 Å². The summed E-state index contributed by atoms with van der Waals surface area (Å²) in [5.74, 6) is 1.27. The number of aryl methyl sites for hydroxylation is 1. The van der Waals surface area contributed by atoms with E-state index in [-0.39, 0.29) is 5.91 Å². The number of fused-ring (bicyclic) bond motifs is 1. The molecule has 126 valence electrons. The topological polar surface area (TPSA) is 73.8 Å². The van der Waals surface area contributed by atoms with Crippen molar-refractivity contribution >= 4 is 17.7 Å². The highest BCUT2D eigenvalue weighted by atomic mass is 32.2. The summed E-state index contributed by atoms with van der Waals surface area (Å²) in [5, 5.41) is 10.2. The third kappa shape index (κ3) is 3.20. The third-order valence-corrected chi connectivity index (χ3v) is 6.12. The number of primary amides is 1. The van der Waals surface area contributed by atoms with Gasteiger partial charge in [-0.05, 0) is 43.2 Å². The molecular weight excluding hydrogens is 320 g/mol. The molecule has 1 saturated carbocycles. The van der Waals surface area contributed by atoms with Crippen LogP contribution in [0.5, 0.6) is 0 Å². The van der Waals surface area contributed by atoms with Crippen LogP contribution in [-0.4, -0.2) is 20.7 Å². The minimum absolute atomic E-state index is 0.274. The molecule has 1 fully saturated rings. The molecule has 2 aliphatic carbocycles. The van der Waals surface area contributed by atoms with E-state index in [1.807, 2.05) is 0 Å². The van der Waals surface area contributed by atoms with Gasteiger partial charge in [-0.3, -0.25) is 4.79 Å². The van der Waals surface area contributed by atoms with Crippen molar-refractivity contribution in [2.45, 2.75) is 61.4 Å². The Kier molecular flexibility index (Phi) is 4.31. The van der Waals surface area contributed by atoms with Crippen molar-refractivity contribution in [1.82, 2.24) is 14.8 Å². The molecule has 2 aliphatic rings. The lowest BCUT2D eigenvalue weighted by Gasteiger charge is -2.24. The first-order valence-corrected chi connectivity index (χ1v) is 9.56. The predicted molar refractivity (Wildman–Crippen MR) is 93.8 cm³/mol. The van der Waals surface area contributed by atoms with Crippen LogP contribution in [0.3, 0.4) is 0 Å².